The summed E-state index contributed by atoms with van der Waals surface area (Å²) in [5.74, 6) is 0.684. The number of carbonyl (C=O) groups is 2. The number of rotatable bonds is 10. The second-order valence-electron chi connectivity index (χ2n) is 9.04. The van der Waals surface area contributed by atoms with Crippen LogP contribution in [0.2, 0.25) is 5.02 Å². The SMILES string of the molecule is CCC(C(=O)NC1CCCC1)N(Cc1ccc(Cl)cc1)C(=O)COc1ccccc1C(C)C. The number of benzene rings is 2. The molecule has 2 amide bonds. The van der Waals surface area contributed by atoms with E-state index in [9.17, 15) is 9.59 Å². The normalized spacial score (nSPS) is 14.8. The zero-order valence-electron chi connectivity index (χ0n) is 19.9. The summed E-state index contributed by atoms with van der Waals surface area (Å²) < 4.78 is 5.96. The highest BCUT2D eigenvalue weighted by atomic mass is 35.5. The van der Waals surface area contributed by atoms with Crippen LogP contribution in [0.5, 0.6) is 5.75 Å². The molecule has 2 aromatic carbocycles. The topological polar surface area (TPSA) is 58.6 Å². The standard InChI is InChI=1S/C27H35ClN2O3/c1-4-24(27(32)29-22-9-5-6-10-22)30(17-20-13-15-21(28)16-14-20)26(31)18-33-25-12-8-7-11-23(25)19(2)3/h7-8,11-16,19,22,24H,4-6,9-10,17-18H2,1-3H3,(H,29,32). The maximum absolute atomic E-state index is 13.4. The Balaban J connectivity index is 1.78. The number of halogens is 1. The molecule has 1 fully saturated rings. The van der Waals surface area contributed by atoms with Crippen LogP contribution in [0.1, 0.15) is 69.9 Å². The van der Waals surface area contributed by atoms with E-state index < -0.39 is 6.04 Å². The molecule has 1 aliphatic rings. The van der Waals surface area contributed by atoms with Gasteiger partial charge >= 0.3 is 0 Å². The van der Waals surface area contributed by atoms with Crippen molar-refractivity contribution < 1.29 is 14.3 Å². The van der Waals surface area contributed by atoms with Gasteiger partial charge in [-0.1, -0.05) is 75.5 Å². The molecule has 0 saturated heterocycles. The molecule has 6 heteroatoms. The molecule has 33 heavy (non-hydrogen) atoms. The predicted molar refractivity (Wildman–Crippen MR) is 133 cm³/mol. The van der Waals surface area contributed by atoms with E-state index in [0.29, 0.717) is 23.7 Å². The first-order chi connectivity index (χ1) is 15.9. The van der Waals surface area contributed by atoms with Crippen molar-refractivity contribution >= 4 is 23.4 Å². The van der Waals surface area contributed by atoms with E-state index in [4.69, 9.17) is 16.3 Å². The number of nitrogens with one attached hydrogen (secondary N) is 1. The minimum absolute atomic E-state index is 0.0886. The van der Waals surface area contributed by atoms with Gasteiger partial charge in [-0.3, -0.25) is 9.59 Å². The van der Waals surface area contributed by atoms with Crippen molar-refractivity contribution in [2.24, 2.45) is 0 Å². The molecule has 0 aromatic heterocycles. The molecule has 0 bridgehead atoms. The molecule has 0 radical (unpaired) electrons. The Morgan fingerprint density at radius 3 is 2.39 bits per heavy atom. The van der Waals surface area contributed by atoms with E-state index in [0.717, 1.165) is 36.8 Å². The number of carbonyl (C=O) groups excluding carboxylic acids is 2. The molecular formula is C27H35ClN2O3. The van der Waals surface area contributed by atoms with Crippen molar-refractivity contribution in [3.8, 4) is 5.75 Å². The summed E-state index contributed by atoms with van der Waals surface area (Å²) in [6.07, 6.45) is 4.81. The summed E-state index contributed by atoms with van der Waals surface area (Å²) in [5.41, 5.74) is 1.98. The molecule has 1 aliphatic carbocycles. The summed E-state index contributed by atoms with van der Waals surface area (Å²) >= 11 is 6.04. The maximum Gasteiger partial charge on any atom is 0.261 e. The van der Waals surface area contributed by atoms with Crippen LogP contribution in [0, 0.1) is 0 Å². The summed E-state index contributed by atoms with van der Waals surface area (Å²) in [5, 5.41) is 3.80. The molecule has 0 spiro atoms. The molecule has 0 heterocycles. The van der Waals surface area contributed by atoms with Crippen molar-refractivity contribution in [3.05, 3.63) is 64.7 Å². The molecule has 0 aliphatic heterocycles. The fourth-order valence-corrected chi connectivity index (χ4v) is 4.51. The highest BCUT2D eigenvalue weighted by molar-refractivity contribution is 6.30. The van der Waals surface area contributed by atoms with Gasteiger partial charge in [0.05, 0.1) is 0 Å². The second-order valence-corrected chi connectivity index (χ2v) is 9.48. The van der Waals surface area contributed by atoms with Crippen molar-refractivity contribution in [3.63, 3.8) is 0 Å². The first-order valence-corrected chi connectivity index (χ1v) is 12.3. The van der Waals surface area contributed by atoms with Crippen molar-refractivity contribution in [2.75, 3.05) is 6.61 Å². The van der Waals surface area contributed by atoms with Gasteiger partial charge < -0.3 is 15.0 Å². The Bertz CT molecular complexity index is 923. The van der Waals surface area contributed by atoms with Gasteiger partial charge in [0.2, 0.25) is 5.91 Å². The molecular weight excluding hydrogens is 436 g/mol. The Kier molecular flexibility index (Phi) is 9.19. The van der Waals surface area contributed by atoms with E-state index in [-0.39, 0.29) is 30.4 Å². The molecule has 2 aromatic rings. The van der Waals surface area contributed by atoms with Gasteiger partial charge in [0.25, 0.3) is 5.91 Å². The van der Waals surface area contributed by atoms with Gasteiger partial charge in [0.15, 0.2) is 6.61 Å². The Morgan fingerprint density at radius 2 is 1.76 bits per heavy atom. The molecule has 1 atom stereocenters. The van der Waals surface area contributed by atoms with Crippen molar-refractivity contribution in [2.45, 2.75) is 77.4 Å². The van der Waals surface area contributed by atoms with Crippen LogP contribution in [0.15, 0.2) is 48.5 Å². The monoisotopic (exact) mass is 470 g/mol. The summed E-state index contributed by atoms with van der Waals surface area (Å²) in [7, 11) is 0. The van der Waals surface area contributed by atoms with Crippen LogP contribution in [0.25, 0.3) is 0 Å². The van der Waals surface area contributed by atoms with Crippen LogP contribution < -0.4 is 10.1 Å². The minimum Gasteiger partial charge on any atom is -0.483 e. The minimum atomic E-state index is -0.558. The zero-order chi connectivity index (χ0) is 23.8. The van der Waals surface area contributed by atoms with Gasteiger partial charge in [-0.2, -0.15) is 0 Å². The lowest BCUT2D eigenvalue weighted by Gasteiger charge is -2.31. The lowest BCUT2D eigenvalue weighted by Crippen LogP contribution is -2.52. The largest absolute Gasteiger partial charge is 0.483 e. The molecule has 3 rings (SSSR count). The van der Waals surface area contributed by atoms with Gasteiger partial charge in [-0.25, -0.2) is 0 Å². The first-order valence-electron chi connectivity index (χ1n) is 11.9. The van der Waals surface area contributed by atoms with Crippen molar-refractivity contribution in [1.29, 1.82) is 0 Å². The maximum atomic E-state index is 13.4. The Hall–Kier alpha value is -2.53. The summed E-state index contributed by atoms with van der Waals surface area (Å²) in [6.45, 7) is 6.33. The molecule has 5 nitrogen and oxygen atoms in total. The highest BCUT2D eigenvalue weighted by Gasteiger charge is 2.31. The van der Waals surface area contributed by atoms with E-state index in [1.165, 1.54) is 0 Å². The number of nitrogens with zero attached hydrogens (tertiary/aromatic N) is 1. The smallest absolute Gasteiger partial charge is 0.261 e. The van der Waals surface area contributed by atoms with Crippen molar-refractivity contribution in [1.82, 2.24) is 10.2 Å². The molecule has 1 N–H and O–H groups in total. The third kappa shape index (κ3) is 6.97. The van der Waals surface area contributed by atoms with Gasteiger partial charge in [-0.15, -0.1) is 0 Å². The third-order valence-electron chi connectivity index (χ3n) is 6.25. The van der Waals surface area contributed by atoms with Crippen LogP contribution >= 0.6 is 11.6 Å². The fraction of sp³-hybridized carbons (Fsp3) is 0.481. The molecule has 1 saturated carbocycles. The van der Waals surface area contributed by atoms with E-state index in [1.54, 1.807) is 17.0 Å². The number of hydrogen-bond acceptors (Lipinski definition) is 3. The van der Waals surface area contributed by atoms with E-state index in [2.05, 4.69) is 19.2 Å². The van der Waals surface area contributed by atoms with Gasteiger partial charge in [0, 0.05) is 17.6 Å². The van der Waals surface area contributed by atoms with Crippen LogP contribution in [0.4, 0.5) is 0 Å². The Morgan fingerprint density at radius 1 is 1.09 bits per heavy atom. The highest BCUT2D eigenvalue weighted by Crippen LogP contribution is 2.26. The quantitative estimate of drug-likeness (QED) is 0.484. The van der Waals surface area contributed by atoms with E-state index >= 15 is 0 Å². The number of para-hydroxylation sites is 1. The molecule has 178 valence electrons. The Labute approximate surface area is 202 Å². The average molecular weight is 471 g/mol. The second kappa shape index (κ2) is 12.1. The van der Waals surface area contributed by atoms with E-state index in [1.807, 2.05) is 43.3 Å². The first kappa shape index (κ1) is 25.1. The predicted octanol–water partition coefficient (Wildman–Crippen LogP) is 5.71. The number of ether oxygens (including phenoxy) is 1. The fourth-order valence-electron chi connectivity index (χ4n) is 4.38. The third-order valence-corrected chi connectivity index (χ3v) is 6.50. The lowest BCUT2D eigenvalue weighted by atomic mass is 10.0. The van der Waals surface area contributed by atoms with Crippen LogP contribution in [-0.4, -0.2) is 35.4 Å². The lowest BCUT2D eigenvalue weighted by molar-refractivity contribution is -0.143. The zero-order valence-corrected chi connectivity index (χ0v) is 20.6. The molecule has 1 unspecified atom stereocenters. The van der Waals surface area contributed by atoms with Gasteiger partial charge in [0.1, 0.15) is 11.8 Å². The average Bonchev–Trinajstić information content (AvgIpc) is 3.31. The number of hydrogen-bond donors (Lipinski definition) is 1. The number of amides is 2. The van der Waals surface area contributed by atoms with Gasteiger partial charge in [-0.05, 0) is 54.5 Å². The summed E-state index contributed by atoms with van der Waals surface area (Å²) in [4.78, 5) is 28.2. The summed E-state index contributed by atoms with van der Waals surface area (Å²) in [6, 6.07) is 14.8. The van der Waals surface area contributed by atoms with Crippen LogP contribution in [0.3, 0.4) is 0 Å². The van der Waals surface area contributed by atoms with Crippen LogP contribution in [-0.2, 0) is 16.1 Å².